The van der Waals surface area contributed by atoms with E-state index in [9.17, 15) is 14.7 Å². The number of aryl methyl sites for hydroxylation is 1. The predicted octanol–water partition coefficient (Wildman–Crippen LogP) is 4.62. The monoisotopic (exact) mass is 454 g/mol. The highest BCUT2D eigenvalue weighted by atomic mass is 32.1. The van der Waals surface area contributed by atoms with Gasteiger partial charge in [0.25, 0.3) is 5.91 Å². The second kappa shape index (κ2) is 8.88. The number of furan rings is 1. The summed E-state index contributed by atoms with van der Waals surface area (Å²) in [5.74, 6) is -0.291. The van der Waals surface area contributed by atoms with Crippen molar-refractivity contribution in [1.82, 2.24) is 4.98 Å². The summed E-state index contributed by atoms with van der Waals surface area (Å²) in [5.41, 5.74) is 0.488. The van der Waals surface area contributed by atoms with E-state index < -0.39 is 23.5 Å². The molecule has 2 aromatic heterocycles. The molecule has 1 aromatic carbocycles. The lowest BCUT2D eigenvalue weighted by molar-refractivity contribution is -0.117. The van der Waals surface area contributed by atoms with Crippen LogP contribution in [0.3, 0.4) is 0 Å². The van der Waals surface area contributed by atoms with Crippen molar-refractivity contribution in [1.29, 1.82) is 0 Å². The minimum atomic E-state index is -0.915. The molecule has 8 nitrogen and oxygen atoms in total. The van der Waals surface area contributed by atoms with Gasteiger partial charge in [-0.1, -0.05) is 6.07 Å². The van der Waals surface area contributed by atoms with Gasteiger partial charge < -0.3 is 19.0 Å². The van der Waals surface area contributed by atoms with Crippen molar-refractivity contribution in [3.63, 3.8) is 0 Å². The Hall–Kier alpha value is -3.59. The summed E-state index contributed by atoms with van der Waals surface area (Å²) in [4.78, 5) is 31.9. The first-order valence-corrected chi connectivity index (χ1v) is 11.0. The lowest BCUT2D eigenvalue weighted by Gasteiger charge is -2.25. The zero-order chi connectivity index (χ0) is 22.8. The summed E-state index contributed by atoms with van der Waals surface area (Å²) in [6.45, 7) is 6.29. The quantitative estimate of drug-likeness (QED) is 0.495. The zero-order valence-electron chi connectivity index (χ0n) is 17.8. The fraction of sp³-hybridized carbons (Fsp3) is 0.261. The summed E-state index contributed by atoms with van der Waals surface area (Å²) >= 11 is 1.23. The predicted molar refractivity (Wildman–Crippen MR) is 119 cm³/mol. The van der Waals surface area contributed by atoms with Gasteiger partial charge in [-0.25, -0.2) is 4.98 Å². The molecule has 0 fully saturated rings. The molecule has 1 aliphatic rings. The first-order valence-electron chi connectivity index (χ1n) is 10.1. The highest BCUT2D eigenvalue weighted by Crippen LogP contribution is 2.44. The van der Waals surface area contributed by atoms with Crippen molar-refractivity contribution in [2.45, 2.75) is 26.8 Å². The summed E-state index contributed by atoms with van der Waals surface area (Å²) < 4.78 is 16.8. The number of anilines is 1. The van der Waals surface area contributed by atoms with E-state index in [-0.39, 0.29) is 11.3 Å². The van der Waals surface area contributed by atoms with Crippen molar-refractivity contribution in [3.05, 3.63) is 70.3 Å². The Bertz CT molecular complexity index is 1180. The van der Waals surface area contributed by atoms with Gasteiger partial charge in [0.1, 0.15) is 5.76 Å². The molecule has 0 bridgehead atoms. The first kappa shape index (κ1) is 21.6. The highest BCUT2D eigenvalue weighted by molar-refractivity contribution is 7.13. The van der Waals surface area contributed by atoms with E-state index in [4.69, 9.17) is 13.9 Å². The van der Waals surface area contributed by atoms with Crippen LogP contribution in [0, 0.1) is 6.92 Å². The number of rotatable bonds is 8. The minimum Gasteiger partial charge on any atom is -0.503 e. The third kappa shape index (κ3) is 3.75. The third-order valence-electron chi connectivity index (χ3n) is 4.93. The molecule has 1 amide bonds. The molecule has 1 aliphatic heterocycles. The van der Waals surface area contributed by atoms with Crippen LogP contribution >= 0.6 is 11.3 Å². The number of amides is 1. The summed E-state index contributed by atoms with van der Waals surface area (Å²) in [6, 6.07) is 7.44. The molecule has 0 spiro atoms. The van der Waals surface area contributed by atoms with E-state index in [1.54, 1.807) is 42.8 Å². The first-order chi connectivity index (χ1) is 15.5. The molecule has 1 unspecified atom stereocenters. The van der Waals surface area contributed by atoms with Crippen LogP contribution in [0.4, 0.5) is 5.13 Å². The number of benzene rings is 1. The second-order valence-electron chi connectivity index (χ2n) is 6.97. The highest BCUT2D eigenvalue weighted by Gasteiger charge is 2.46. The standard InChI is InChI=1S/C23H22N2O6S/c1-4-29-15-9-7-14(12-17(15)30-5-2)19-18(20(26)16-8-6-13(3)31-16)21(27)22(28)25(19)23-24-10-11-32-23/h6-12,19,27H,4-5H2,1-3H3. The maximum atomic E-state index is 13.3. The molecule has 166 valence electrons. The van der Waals surface area contributed by atoms with Gasteiger partial charge in [-0.3, -0.25) is 14.5 Å². The van der Waals surface area contributed by atoms with E-state index in [1.807, 2.05) is 13.8 Å². The lowest BCUT2D eigenvalue weighted by Crippen LogP contribution is -2.31. The smallest absolute Gasteiger partial charge is 0.296 e. The number of aliphatic hydroxyl groups excluding tert-OH is 1. The van der Waals surface area contributed by atoms with E-state index in [2.05, 4.69) is 4.98 Å². The number of aromatic nitrogens is 1. The molecule has 3 heterocycles. The van der Waals surface area contributed by atoms with Gasteiger partial charge in [0.2, 0.25) is 5.78 Å². The molecule has 32 heavy (non-hydrogen) atoms. The van der Waals surface area contributed by atoms with Gasteiger partial charge >= 0.3 is 0 Å². The number of carbonyl (C=O) groups excluding carboxylic acids is 2. The Morgan fingerprint density at radius 2 is 1.94 bits per heavy atom. The molecule has 9 heteroatoms. The van der Waals surface area contributed by atoms with Crippen LogP contribution in [0.15, 0.2) is 57.7 Å². The number of thiazole rings is 1. The summed E-state index contributed by atoms with van der Waals surface area (Å²) in [5, 5.41) is 12.8. The Morgan fingerprint density at radius 3 is 2.56 bits per heavy atom. The fourth-order valence-electron chi connectivity index (χ4n) is 3.61. The number of Topliss-reactive ketones (excluding diaryl/α,β-unsaturated/α-hetero) is 1. The Morgan fingerprint density at radius 1 is 1.19 bits per heavy atom. The Labute approximate surface area is 188 Å². The second-order valence-corrected chi connectivity index (χ2v) is 7.84. The third-order valence-corrected chi connectivity index (χ3v) is 5.70. The van der Waals surface area contributed by atoms with Crippen LogP contribution in [0.1, 0.15) is 41.8 Å². The van der Waals surface area contributed by atoms with Gasteiger partial charge in [0.15, 0.2) is 28.1 Å². The average Bonchev–Trinajstić information content (AvgIpc) is 3.50. The topological polar surface area (TPSA) is 102 Å². The molecular weight excluding hydrogens is 432 g/mol. The Balaban J connectivity index is 1.86. The molecule has 4 rings (SSSR count). The normalized spacial score (nSPS) is 16.0. The van der Waals surface area contributed by atoms with Crippen molar-refractivity contribution < 1.29 is 28.6 Å². The van der Waals surface area contributed by atoms with E-state index in [0.29, 0.717) is 41.2 Å². The van der Waals surface area contributed by atoms with Crippen molar-refractivity contribution in [3.8, 4) is 11.5 Å². The summed E-state index contributed by atoms with van der Waals surface area (Å²) in [7, 11) is 0. The number of nitrogens with zero attached hydrogens (tertiary/aromatic N) is 2. The SMILES string of the molecule is CCOc1ccc(C2C(C(=O)c3ccc(C)o3)=C(O)C(=O)N2c2nccs2)cc1OCC. The van der Waals surface area contributed by atoms with Crippen molar-refractivity contribution in [2.75, 3.05) is 18.1 Å². The van der Waals surface area contributed by atoms with Crippen LogP contribution in [0.25, 0.3) is 0 Å². The molecular formula is C23H22N2O6S. The fourth-order valence-corrected chi connectivity index (χ4v) is 4.28. The summed E-state index contributed by atoms with van der Waals surface area (Å²) in [6.07, 6.45) is 1.56. The minimum absolute atomic E-state index is 0.0406. The molecule has 1 N–H and O–H groups in total. The van der Waals surface area contributed by atoms with Crippen molar-refractivity contribution >= 4 is 28.2 Å². The number of ether oxygens (including phenoxy) is 2. The molecule has 0 radical (unpaired) electrons. The largest absolute Gasteiger partial charge is 0.503 e. The van der Waals surface area contributed by atoms with Crippen LogP contribution in [0.5, 0.6) is 11.5 Å². The maximum absolute atomic E-state index is 13.3. The number of hydrogen-bond acceptors (Lipinski definition) is 8. The average molecular weight is 455 g/mol. The van der Waals surface area contributed by atoms with Crippen LogP contribution in [-0.2, 0) is 4.79 Å². The number of aliphatic hydroxyl groups is 1. The molecule has 1 atom stereocenters. The van der Waals surface area contributed by atoms with Gasteiger partial charge in [-0.15, -0.1) is 11.3 Å². The molecule has 3 aromatic rings. The Kier molecular flexibility index (Phi) is 6.00. The lowest BCUT2D eigenvalue weighted by atomic mass is 9.95. The van der Waals surface area contributed by atoms with E-state index in [1.165, 1.54) is 22.3 Å². The number of hydrogen-bond donors (Lipinski definition) is 1. The van der Waals surface area contributed by atoms with Crippen molar-refractivity contribution in [2.24, 2.45) is 0 Å². The molecule has 0 saturated heterocycles. The number of carbonyl (C=O) groups is 2. The van der Waals surface area contributed by atoms with Crippen LogP contribution < -0.4 is 14.4 Å². The molecule has 0 aliphatic carbocycles. The van der Waals surface area contributed by atoms with Gasteiger partial charge in [-0.05, 0) is 50.6 Å². The van der Waals surface area contributed by atoms with E-state index >= 15 is 0 Å². The van der Waals surface area contributed by atoms with Gasteiger partial charge in [0, 0.05) is 11.6 Å². The van der Waals surface area contributed by atoms with Gasteiger partial charge in [0.05, 0.1) is 24.8 Å². The van der Waals surface area contributed by atoms with Gasteiger partial charge in [-0.2, -0.15) is 0 Å². The molecule has 0 saturated carbocycles. The maximum Gasteiger partial charge on any atom is 0.296 e. The van der Waals surface area contributed by atoms with E-state index in [0.717, 1.165) is 0 Å². The van der Waals surface area contributed by atoms with Crippen LogP contribution in [0.2, 0.25) is 0 Å². The zero-order valence-corrected chi connectivity index (χ0v) is 18.6. The number of ketones is 1. The van der Waals surface area contributed by atoms with Crippen LogP contribution in [-0.4, -0.2) is 35.0 Å².